The summed E-state index contributed by atoms with van der Waals surface area (Å²) in [6.07, 6.45) is 2.72. The number of hydrogen-bond donors (Lipinski definition) is 1. The first-order valence-corrected chi connectivity index (χ1v) is 11.0. The Morgan fingerprint density at radius 2 is 1.64 bits per heavy atom. The van der Waals surface area contributed by atoms with E-state index in [-0.39, 0.29) is 19.0 Å². The normalized spacial score (nSPS) is 11.4. The minimum atomic E-state index is -3.49. The van der Waals surface area contributed by atoms with Crippen molar-refractivity contribution in [2.24, 2.45) is 0 Å². The number of benzene rings is 2. The Morgan fingerprint density at radius 3 is 2.21 bits per heavy atom. The van der Waals surface area contributed by atoms with Crippen LogP contribution in [0.1, 0.15) is 23.1 Å². The number of aryl methyl sites for hydroxylation is 2. The lowest BCUT2D eigenvalue weighted by molar-refractivity contribution is -0.121. The molecule has 0 aliphatic rings. The highest BCUT2D eigenvalue weighted by atomic mass is 32.2. The Kier molecular flexibility index (Phi) is 8.02. The molecule has 2 aromatic rings. The Balaban J connectivity index is 1.81. The number of hydrogen-bond acceptors (Lipinski definition) is 4. The van der Waals surface area contributed by atoms with Crippen LogP contribution in [0.3, 0.4) is 0 Å². The van der Waals surface area contributed by atoms with Crippen molar-refractivity contribution in [2.45, 2.75) is 26.3 Å². The maximum absolute atomic E-state index is 12.2. The summed E-state index contributed by atoms with van der Waals surface area (Å²) in [4.78, 5) is 12.2. The first-order valence-electron chi connectivity index (χ1n) is 9.18. The van der Waals surface area contributed by atoms with Gasteiger partial charge in [-0.3, -0.25) is 4.79 Å². The summed E-state index contributed by atoms with van der Waals surface area (Å²) < 4.78 is 30.4. The van der Waals surface area contributed by atoms with E-state index in [0.717, 1.165) is 41.5 Å². The first kappa shape index (κ1) is 21.9. The second kappa shape index (κ2) is 10.2. The largest absolute Gasteiger partial charge is 0.497 e. The lowest BCUT2D eigenvalue weighted by atomic mass is 10.1. The summed E-state index contributed by atoms with van der Waals surface area (Å²) in [5.41, 5.74) is 3.11. The third kappa shape index (κ3) is 7.32. The van der Waals surface area contributed by atoms with Gasteiger partial charge in [0.15, 0.2) is 0 Å². The average molecular weight is 405 g/mol. The third-order valence-electron chi connectivity index (χ3n) is 4.39. The van der Waals surface area contributed by atoms with E-state index in [9.17, 15) is 13.2 Å². The molecule has 0 heterocycles. The van der Waals surface area contributed by atoms with Gasteiger partial charge in [0.2, 0.25) is 15.9 Å². The van der Waals surface area contributed by atoms with E-state index in [0.29, 0.717) is 6.54 Å². The van der Waals surface area contributed by atoms with E-state index >= 15 is 0 Å². The number of carbonyl (C=O) groups excluding carboxylic acids is 1. The molecule has 0 aliphatic heterocycles. The topological polar surface area (TPSA) is 75.7 Å². The van der Waals surface area contributed by atoms with Gasteiger partial charge in [-0.15, -0.1) is 0 Å². The highest BCUT2D eigenvalue weighted by molar-refractivity contribution is 7.88. The van der Waals surface area contributed by atoms with Gasteiger partial charge in [-0.2, -0.15) is 4.31 Å². The molecule has 0 aliphatic carbocycles. The van der Waals surface area contributed by atoms with Crippen molar-refractivity contribution < 1.29 is 17.9 Å². The molecule has 0 bridgehead atoms. The van der Waals surface area contributed by atoms with Gasteiger partial charge in [0.05, 0.1) is 19.9 Å². The zero-order valence-electron chi connectivity index (χ0n) is 16.6. The molecule has 0 saturated heterocycles. The zero-order valence-corrected chi connectivity index (χ0v) is 17.5. The Bertz CT molecular complexity index is 862. The minimum absolute atomic E-state index is 0.179. The number of rotatable bonds is 10. The van der Waals surface area contributed by atoms with E-state index in [4.69, 9.17) is 4.74 Å². The summed E-state index contributed by atoms with van der Waals surface area (Å²) in [6, 6.07) is 15.4. The second-order valence-corrected chi connectivity index (χ2v) is 8.80. The highest BCUT2D eigenvalue weighted by Crippen LogP contribution is 2.12. The SMILES string of the molecule is COc1ccc(CCCNC(=O)CN(Cc2ccc(C)cc2)S(C)(=O)=O)cc1. The van der Waals surface area contributed by atoms with Crippen molar-refractivity contribution in [1.82, 2.24) is 9.62 Å². The van der Waals surface area contributed by atoms with Crippen LogP contribution in [0.5, 0.6) is 5.75 Å². The molecule has 0 spiro atoms. The van der Waals surface area contributed by atoms with Crippen molar-refractivity contribution in [3.8, 4) is 5.75 Å². The monoisotopic (exact) mass is 404 g/mol. The van der Waals surface area contributed by atoms with Crippen LogP contribution in [0.4, 0.5) is 0 Å². The van der Waals surface area contributed by atoms with Crippen molar-refractivity contribution >= 4 is 15.9 Å². The predicted octanol–water partition coefficient (Wildman–Crippen LogP) is 2.51. The fraction of sp³-hybridized carbons (Fsp3) is 0.381. The second-order valence-electron chi connectivity index (χ2n) is 6.82. The number of ether oxygens (including phenoxy) is 1. The number of nitrogens with zero attached hydrogens (tertiary/aromatic N) is 1. The number of sulfonamides is 1. The maximum Gasteiger partial charge on any atom is 0.235 e. The van der Waals surface area contributed by atoms with E-state index in [1.165, 1.54) is 4.31 Å². The number of carbonyl (C=O) groups is 1. The molecular formula is C21H28N2O4S. The smallest absolute Gasteiger partial charge is 0.235 e. The van der Waals surface area contributed by atoms with Crippen molar-refractivity contribution in [1.29, 1.82) is 0 Å². The Morgan fingerprint density at radius 1 is 1.04 bits per heavy atom. The Labute approximate surface area is 167 Å². The minimum Gasteiger partial charge on any atom is -0.497 e. The van der Waals surface area contributed by atoms with Crippen LogP contribution >= 0.6 is 0 Å². The van der Waals surface area contributed by atoms with Crippen molar-refractivity contribution in [3.05, 3.63) is 65.2 Å². The Hall–Kier alpha value is -2.38. The van der Waals surface area contributed by atoms with Crippen molar-refractivity contribution in [2.75, 3.05) is 26.5 Å². The van der Waals surface area contributed by atoms with E-state index in [1.807, 2.05) is 55.5 Å². The molecule has 0 radical (unpaired) electrons. The van der Waals surface area contributed by atoms with E-state index in [1.54, 1.807) is 7.11 Å². The summed E-state index contributed by atoms with van der Waals surface area (Å²) >= 11 is 0. The fourth-order valence-electron chi connectivity index (χ4n) is 2.72. The lowest BCUT2D eigenvalue weighted by Crippen LogP contribution is -2.40. The third-order valence-corrected chi connectivity index (χ3v) is 5.59. The molecule has 28 heavy (non-hydrogen) atoms. The summed E-state index contributed by atoms with van der Waals surface area (Å²) in [5, 5.41) is 2.80. The predicted molar refractivity (Wildman–Crippen MR) is 111 cm³/mol. The van der Waals surface area contributed by atoms with Gasteiger partial charge in [0.1, 0.15) is 5.75 Å². The van der Waals surface area contributed by atoms with Gasteiger partial charge >= 0.3 is 0 Å². The van der Waals surface area contributed by atoms with Crippen LogP contribution in [-0.4, -0.2) is 45.1 Å². The molecule has 1 amide bonds. The quantitative estimate of drug-likeness (QED) is 0.618. The zero-order chi connectivity index (χ0) is 20.6. The molecule has 6 nitrogen and oxygen atoms in total. The van der Waals surface area contributed by atoms with Gasteiger partial charge in [-0.05, 0) is 43.0 Å². The molecular weight excluding hydrogens is 376 g/mol. The first-order chi connectivity index (χ1) is 13.3. The molecule has 2 aromatic carbocycles. The van der Waals surface area contributed by atoms with Gasteiger partial charge in [0.25, 0.3) is 0 Å². The highest BCUT2D eigenvalue weighted by Gasteiger charge is 2.20. The van der Waals surface area contributed by atoms with Crippen LogP contribution in [0.25, 0.3) is 0 Å². The maximum atomic E-state index is 12.2. The fourth-order valence-corrected chi connectivity index (χ4v) is 3.45. The molecule has 0 aromatic heterocycles. The van der Waals surface area contributed by atoms with Crippen LogP contribution in [-0.2, 0) is 27.8 Å². The van der Waals surface area contributed by atoms with Crippen LogP contribution < -0.4 is 10.1 Å². The van der Waals surface area contributed by atoms with Crippen LogP contribution in [0.15, 0.2) is 48.5 Å². The summed E-state index contributed by atoms with van der Waals surface area (Å²) in [7, 11) is -1.86. The van der Waals surface area contributed by atoms with Gasteiger partial charge in [-0.25, -0.2) is 8.42 Å². The molecule has 7 heteroatoms. The standard InChI is InChI=1S/C21H28N2O4S/c1-17-6-8-19(9-7-17)15-23(28(3,25)26)16-21(24)22-14-4-5-18-10-12-20(27-2)13-11-18/h6-13H,4-5,14-16H2,1-3H3,(H,22,24). The molecule has 2 rings (SSSR count). The van der Waals surface area contributed by atoms with E-state index < -0.39 is 10.0 Å². The molecule has 0 unspecified atom stereocenters. The van der Waals surface area contributed by atoms with Crippen LogP contribution in [0, 0.1) is 6.92 Å². The lowest BCUT2D eigenvalue weighted by Gasteiger charge is -2.19. The van der Waals surface area contributed by atoms with Gasteiger partial charge < -0.3 is 10.1 Å². The average Bonchev–Trinajstić information content (AvgIpc) is 2.66. The van der Waals surface area contributed by atoms with E-state index in [2.05, 4.69) is 5.32 Å². The molecule has 0 saturated carbocycles. The molecule has 0 atom stereocenters. The van der Waals surface area contributed by atoms with Gasteiger partial charge in [0, 0.05) is 13.1 Å². The molecule has 1 N–H and O–H groups in total. The molecule has 0 fully saturated rings. The molecule has 152 valence electrons. The summed E-state index contributed by atoms with van der Waals surface area (Å²) in [5.74, 6) is 0.513. The van der Waals surface area contributed by atoms with Crippen LogP contribution in [0.2, 0.25) is 0 Å². The summed E-state index contributed by atoms with van der Waals surface area (Å²) in [6.45, 7) is 2.46. The number of methoxy groups -OCH3 is 1. The number of amides is 1. The van der Waals surface area contributed by atoms with Crippen molar-refractivity contribution in [3.63, 3.8) is 0 Å². The van der Waals surface area contributed by atoms with Gasteiger partial charge in [-0.1, -0.05) is 42.0 Å². The number of nitrogens with one attached hydrogen (secondary N) is 1.